The van der Waals surface area contributed by atoms with E-state index in [-0.39, 0.29) is 12.4 Å². The molecule has 0 saturated heterocycles. The molecule has 86 valence electrons. The van der Waals surface area contributed by atoms with Crippen LogP contribution in [0.15, 0.2) is 12.1 Å². The number of anilines is 2. The second-order valence-corrected chi connectivity index (χ2v) is 2.79. The molecule has 0 aliphatic rings. The van der Waals surface area contributed by atoms with Gasteiger partial charge in [-0.15, -0.1) is 12.4 Å². The Labute approximate surface area is 96.0 Å². The van der Waals surface area contributed by atoms with Gasteiger partial charge in [-0.3, -0.25) is 0 Å². The van der Waals surface area contributed by atoms with E-state index in [4.69, 9.17) is 20.9 Å². The molecule has 1 aromatic carbocycles. The van der Waals surface area contributed by atoms with E-state index in [0.29, 0.717) is 36.1 Å². The molecular formula is C10H17ClN2O2. The number of hydrogen-bond donors (Lipinski definition) is 2. The molecule has 0 spiro atoms. The molecule has 0 aliphatic carbocycles. The first kappa shape index (κ1) is 13.7. The van der Waals surface area contributed by atoms with E-state index in [1.54, 1.807) is 12.1 Å². The summed E-state index contributed by atoms with van der Waals surface area (Å²) in [7, 11) is 0. The van der Waals surface area contributed by atoms with Crippen LogP contribution >= 0.6 is 12.4 Å². The van der Waals surface area contributed by atoms with Crippen molar-refractivity contribution >= 4 is 23.8 Å². The lowest BCUT2D eigenvalue weighted by Gasteiger charge is -2.11. The fourth-order valence-electron chi connectivity index (χ4n) is 1.16. The fourth-order valence-corrected chi connectivity index (χ4v) is 1.16. The van der Waals surface area contributed by atoms with Gasteiger partial charge in [0.15, 0.2) is 0 Å². The van der Waals surface area contributed by atoms with Crippen molar-refractivity contribution in [2.45, 2.75) is 13.8 Å². The van der Waals surface area contributed by atoms with Gasteiger partial charge in [0.05, 0.1) is 24.6 Å². The molecule has 0 aromatic heterocycles. The van der Waals surface area contributed by atoms with Gasteiger partial charge < -0.3 is 20.9 Å². The second kappa shape index (κ2) is 6.24. The first-order valence-corrected chi connectivity index (χ1v) is 4.63. The predicted octanol–water partition coefficient (Wildman–Crippen LogP) is 2.07. The fraction of sp³-hybridized carbons (Fsp3) is 0.400. The van der Waals surface area contributed by atoms with Crippen molar-refractivity contribution < 1.29 is 9.47 Å². The van der Waals surface area contributed by atoms with Crippen molar-refractivity contribution in [1.82, 2.24) is 0 Å². The summed E-state index contributed by atoms with van der Waals surface area (Å²) < 4.78 is 10.6. The van der Waals surface area contributed by atoms with Gasteiger partial charge in [0.2, 0.25) is 0 Å². The second-order valence-electron chi connectivity index (χ2n) is 2.79. The van der Waals surface area contributed by atoms with Gasteiger partial charge in [-0.2, -0.15) is 0 Å². The Morgan fingerprint density at radius 1 is 0.933 bits per heavy atom. The normalized spacial score (nSPS) is 9.20. The summed E-state index contributed by atoms with van der Waals surface area (Å²) in [4.78, 5) is 0. The smallest absolute Gasteiger partial charge is 0.146 e. The molecule has 0 unspecified atom stereocenters. The molecule has 1 aromatic rings. The standard InChI is InChI=1S/C10H16N2O2.ClH/c1-3-13-9-6-10(14-4-2)8(12)5-7(9)11;/h5-6H,3-4,11-12H2,1-2H3;1H. The third-order valence-corrected chi connectivity index (χ3v) is 1.74. The minimum atomic E-state index is 0. The number of nitrogens with two attached hydrogens (primary N) is 2. The van der Waals surface area contributed by atoms with Gasteiger partial charge in [0, 0.05) is 6.07 Å². The van der Waals surface area contributed by atoms with Crippen LogP contribution in [0.3, 0.4) is 0 Å². The lowest BCUT2D eigenvalue weighted by Crippen LogP contribution is -2.02. The van der Waals surface area contributed by atoms with Gasteiger partial charge in [-0.1, -0.05) is 0 Å². The lowest BCUT2D eigenvalue weighted by atomic mass is 10.2. The van der Waals surface area contributed by atoms with E-state index in [9.17, 15) is 0 Å². The highest BCUT2D eigenvalue weighted by molar-refractivity contribution is 5.85. The zero-order valence-corrected chi connectivity index (χ0v) is 9.76. The molecule has 0 fully saturated rings. The molecule has 0 bridgehead atoms. The van der Waals surface area contributed by atoms with E-state index in [2.05, 4.69) is 0 Å². The van der Waals surface area contributed by atoms with E-state index < -0.39 is 0 Å². The first-order chi connectivity index (χ1) is 6.69. The minimum Gasteiger partial charge on any atom is -0.492 e. The van der Waals surface area contributed by atoms with Crippen molar-refractivity contribution in [2.24, 2.45) is 0 Å². The van der Waals surface area contributed by atoms with Crippen molar-refractivity contribution in [3.8, 4) is 11.5 Å². The van der Waals surface area contributed by atoms with Gasteiger partial charge in [-0.05, 0) is 19.9 Å². The van der Waals surface area contributed by atoms with Crippen LogP contribution in [0.5, 0.6) is 11.5 Å². The number of hydrogen-bond acceptors (Lipinski definition) is 4. The van der Waals surface area contributed by atoms with Crippen molar-refractivity contribution in [3.05, 3.63) is 12.1 Å². The van der Waals surface area contributed by atoms with E-state index in [0.717, 1.165) is 0 Å². The predicted molar refractivity (Wildman–Crippen MR) is 64.9 cm³/mol. The number of benzene rings is 1. The zero-order chi connectivity index (χ0) is 10.6. The van der Waals surface area contributed by atoms with Crippen molar-refractivity contribution in [3.63, 3.8) is 0 Å². The summed E-state index contributed by atoms with van der Waals surface area (Å²) in [5, 5.41) is 0. The van der Waals surface area contributed by atoms with Gasteiger partial charge in [0.1, 0.15) is 11.5 Å². The molecule has 15 heavy (non-hydrogen) atoms. The lowest BCUT2D eigenvalue weighted by molar-refractivity contribution is 0.325. The molecule has 0 saturated carbocycles. The minimum absolute atomic E-state index is 0. The number of rotatable bonds is 4. The van der Waals surface area contributed by atoms with Crippen LogP contribution in [0.25, 0.3) is 0 Å². The van der Waals surface area contributed by atoms with Gasteiger partial charge in [-0.25, -0.2) is 0 Å². The van der Waals surface area contributed by atoms with E-state index in [1.165, 1.54) is 0 Å². The molecule has 1 rings (SSSR count). The van der Waals surface area contributed by atoms with Gasteiger partial charge >= 0.3 is 0 Å². The van der Waals surface area contributed by atoms with Crippen molar-refractivity contribution in [2.75, 3.05) is 24.7 Å². The average Bonchev–Trinajstić information content (AvgIpc) is 2.14. The Morgan fingerprint density at radius 3 is 1.67 bits per heavy atom. The number of ether oxygens (including phenoxy) is 2. The monoisotopic (exact) mass is 232 g/mol. The molecule has 0 atom stereocenters. The quantitative estimate of drug-likeness (QED) is 0.780. The summed E-state index contributed by atoms with van der Waals surface area (Å²) in [5.74, 6) is 1.23. The Balaban J connectivity index is 0.00000196. The maximum absolute atomic E-state index is 5.71. The molecular weight excluding hydrogens is 216 g/mol. The largest absolute Gasteiger partial charge is 0.492 e. The highest BCUT2D eigenvalue weighted by Crippen LogP contribution is 2.32. The van der Waals surface area contributed by atoms with Crippen LogP contribution < -0.4 is 20.9 Å². The highest BCUT2D eigenvalue weighted by Gasteiger charge is 2.06. The Hall–Kier alpha value is -1.29. The van der Waals surface area contributed by atoms with E-state index in [1.807, 2.05) is 13.8 Å². The molecule has 0 radical (unpaired) electrons. The van der Waals surface area contributed by atoms with E-state index >= 15 is 0 Å². The Morgan fingerprint density at radius 2 is 1.33 bits per heavy atom. The molecule has 0 aliphatic heterocycles. The van der Waals surface area contributed by atoms with Crippen LogP contribution in [0.4, 0.5) is 11.4 Å². The summed E-state index contributed by atoms with van der Waals surface area (Å²) in [5.41, 5.74) is 12.5. The summed E-state index contributed by atoms with van der Waals surface area (Å²) >= 11 is 0. The molecule has 0 heterocycles. The molecule has 5 heteroatoms. The third kappa shape index (κ3) is 3.40. The summed E-state index contributed by atoms with van der Waals surface area (Å²) in [6.45, 7) is 4.94. The number of nitrogen functional groups attached to an aromatic ring is 2. The average molecular weight is 233 g/mol. The van der Waals surface area contributed by atoms with Crippen LogP contribution in [-0.2, 0) is 0 Å². The topological polar surface area (TPSA) is 70.5 Å². The van der Waals surface area contributed by atoms with Crippen LogP contribution in [0, 0.1) is 0 Å². The highest BCUT2D eigenvalue weighted by atomic mass is 35.5. The first-order valence-electron chi connectivity index (χ1n) is 4.63. The third-order valence-electron chi connectivity index (χ3n) is 1.74. The molecule has 0 amide bonds. The summed E-state index contributed by atoms with van der Waals surface area (Å²) in [6, 6.07) is 3.37. The SMILES string of the molecule is CCOc1cc(OCC)c(N)cc1N.Cl. The molecule has 4 nitrogen and oxygen atoms in total. The van der Waals surface area contributed by atoms with Crippen LogP contribution in [0.2, 0.25) is 0 Å². The maximum Gasteiger partial charge on any atom is 0.146 e. The van der Waals surface area contributed by atoms with Crippen molar-refractivity contribution in [1.29, 1.82) is 0 Å². The van der Waals surface area contributed by atoms with Crippen LogP contribution in [0.1, 0.15) is 13.8 Å². The zero-order valence-electron chi connectivity index (χ0n) is 8.95. The number of halogens is 1. The Bertz CT molecular complexity index is 291. The van der Waals surface area contributed by atoms with Gasteiger partial charge in [0.25, 0.3) is 0 Å². The maximum atomic E-state index is 5.71. The molecule has 4 N–H and O–H groups in total. The summed E-state index contributed by atoms with van der Waals surface area (Å²) in [6.07, 6.45) is 0. The Kier molecular flexibility index (Phi) is 5.70. The van der Waals surface area contributed by atoms with Crippen LogP contribution in [-0.4, -0.2) is 13.2 Å².